The smallest absolute Gasteiger partial charge is 0.228 e. The molecule has 0 spiro atoms. The molecule has 1 saturated carbocycles. The number of halogens is 1. The number of nitrogens with zero attached hydrogens (tertiary/aromatic N) is 4. The van der Waals surface area contributed by atoms with Crippen molar-refractivity contribution < 1.29 is 19.0 Å². The highest BCUT2D eigenvalue weighted by Gasteiger charge is 2.29. The second-order valence-corrected chi connectivity index (χ2v) is 9.00. The molecule has 4 heterocycles. The summed E-state index contributed by atoms with van der Waals surface area (Å²) in [6.45, 7) is 0.453. The third-order valence-corrected chi connectivity index (χ3v) is 6.08. The van der Waals surface area contributed by atoms with Crippen molar-refractivity contribution in [1.82, 2.24) is 19.9 Å². The average molecular weight is 545 g/mol. The van der Waals surface area contributed by atoms with Crippen LogP contribution in [-0.4, -0.2) is 53.2 Å². The zero-order chi connectivity index (χ0) is 27.2. The number of pyridine rings is 4. The number of carbonyl (C=O) groups is 1. The maximum absolute atomic E-state index is 12.3. The Morgan fingerprint density at radius 1 is 1.05 bits per heavy atom. The number of amides is 1. The molecule has 1 amide bonds. The van der Waals surface area contributed by atoms with Crippen LogP contribution >= 0.6 is 11.6 Å². The summed E-state index contributed by atoms with van der Waals surface area (Å²) in [5.74, 6) is 8.78. The summed E-state index contributed by atoms with van der Waals surface area (Å²) >= 11 is 5.90. The first-order valence-corrected chi connectivity index (χ1v) is 12.6. The molecule has 1 fully saturated rings. The predicted octanol–water partition coefficient (Wildman–Crippen LogP) is 4.33. The molecule has 1 aliphatic rings. The Hall–Kier alpha value is -4.62. The molecule has 5 rings (SSSR count). The van der Waals surface area contributed by atoms with Crippen molar-refractivity contribution in [3.8, 4) is 29.2 Å². The second kappa shape index (κ2) is 11.8. The zero-order valence-corrected chi connectivity index (χ0v) is 22.1. The first-order valence-electron chi connectivity index (χ1n) is 12.3. The van der Waals surface area contributed by atoms with Crippen molar-refractivity contribution in [2.24, 2.45) is 5.92 Å². The van der Waals surface area contributed by atoms with Gasteiger partial charge in [0.1, 0.15) is 35.8 Å². The average Bonchev–Trinajstić information content (AvgIpc) is 3.80. The zero-order valence-electron chi connectivity index (χ0n) is 21.3. The maximum atomic E-state index is 12.3. The molecule has 10 nitrogen and oxygen atoms in total. The van der Waals surface area contributed by atoms with E-state index in [1.807, 2.05) is 6.07 Å². The molecule has 11 heteroatoms. The van der Waals surface area contributed by atoms with Gasteiger partial charge in [-0.1, -0.05) is 23.6 Å². The highest BCUT2D eigenvalue weighted by Crippen LogP contribution is 2.31. The topological polar surface area (TPSA) is 120 Å². The number of anilines is 2. The van der Waals surface area contributed by atoms with Gasteiger partial charge >= 0.3 is 0 Å². The molecule has 0 aliphatic heterocycles. The SMILES string of the molecule is CNc1ncc(C#Cc2ncc(OC)cc2OCCOc2cccc(Cl)n2)c2cc(NC(=O)C3CC3)ncc12. The molecule has 4 aromatic rings. The van der Waals surface area contributed by atoms with Crippen LogP contribution in [0.2, 0.25) is 5.15 Å². The highest BCUT2D eigenvalue weighted by atomic mass is 35.5. The number of methoxy groups -OCH3 is 1. The fourth-order valence-corrected chi connectivity index (χ4v) is 3.87. The minimum absolute atomic E-state index is 0.0169. The molecule has 0 bridgehead atoms. The minimum atomic E-state index is -0.0169. The number of fused-ring (bicyclic) bond motifs is 1. The summed E-state index contributed by atoms with van der Waals surface area (Å²) in [6.07, 6.45) is 6.74. The number of carbonyl (C=O) groups excluding carboxylic acids is 1. The van der Waals surface area contributed by atoms with Gasteiger partial charge in [0, 0.05) is 48.3 Å². The summed E-state index contributed by atoms with van der Waals surface area (Å²) < 4.78 is 16.8. The van der Waals surface area contributed by atoms with Gasteiger partial charge in [0.05, 0.1) is 18.9 Å². The number of nitrogens with one attached hydrogen (secondary N) is 2. The van der Waals surface area contributed by atoms with Crippen molar-refractivity contribution in [2.75, 3.05) is 38.0 Å². The van der Waals surface area contributed by atoms with Gasteiger partial charge in [0.15, 0.2) is 11.4 Å². The van der Waals surface area contributed by atoms with Gasteiger partial charge in [-0.15, -0.1) is 0 Å². The van der Waals surface area contributed by atoms with Crippen molar-refractivity contribution in [3.63, 3.8) is 0 Å². The summed E-state index contributed by atoms with van der Waals surface area (Å²) in [5, 5.41) is 7.88. The summed E-state index contributed by atoms with van der Waals surface area (Å²) in [6, 6.07) is 8.66. The Kier molecular flexibility index (Phi) is 7.89. The van der Waals surface area contributed by atoms with Crippen LogP contribution in [0.5, 0.6) is 17.4 Å². The van der Waals surface area contributed by atoms with E-state index in [4.69, 9.17) is 25.8 Å². The standard InChI is InChI=1S/C28H25ClN6O4/c1-30-27-21-16-32-25(35-28(36)17-6-7-17)13-20(21)18(14-33-27)8-9-22-23(12-19(37-2)15-31-22)38-10-11-39-26-5-3-4-24(29)34-26/h3-5,12-17H,6-7,10-11H2,1-2H3,(H,30,33)(H,32,35,36). The first kappa shape index (κ1) is 26.0. The number of hydrogen-bond acceptors (Lipinski definition) is 9. The highest BCUT2D eigenvalue weighted by molar-refractivity contribution is 6.29. The lowest BCUT2D eigenvalue weighted by atomic mass is 10.1. The van der Waals surface area contributed by atoms with Crippen LogP contribution in [0.3, 0.4) is 0 Å². The van der Waals surface area contributed by atoms with Gasteiger partial charge < -0.3 is 24.8 Å². The second-order valence-electron chi connectivity index (χ2n) is 8.62. The van der Waals surface area contributed by atoms with Crippen LogP contribution in [0, 0.1) is 17.8 Å². The van der Waals surface area contributed by atoms with Crippen LogP contribution in [0.1, 0.15) is 24.1 Å². The van der Waals surface area contributed by atoms with Gasteiger partial charge in [0.25, 0.3) is 0 Å². The van der Waals surface area contributed by atoms with Crippen molar-refractivity contribution in [3.05, 3.63) is 65.3 Å². The minimum Gasteiger partial charge on any atom is -0.495 e. The molecule has 2 N–H and O–H groups in total. The number of hydrogen-bond donors (Lipinski definition) is 2. The molecule has 198 valence electrons. The third kappa shape index (κ3) is 6.45. The number of ether oxygens (including phenoxy) is 3. The van der Waals surface area contributed by atoms with Crippen molar-refractivity contribution in [2.45, 2.75) is 12.8 Å². The molecule has 39 heavy (non-hydrogen) atoms. The van der Waals surface area contributed by atoms with E-state index in [0.29, 0.717) is 45.4 Å². The van der Waals surface area contributed by atoms with Gasteiger partial charge in [-0.2, -0.15) is 0 Å². The fraction of sp³-hybridized carbons (Fsp3) is 0.250. The maximum Gasteiger partial charge on any atom is 0.228 e. The largest absolute Gasteiger partial charge is 0.495 e. The first-order chi connectivity index (χ1) is 19.0. The Balaban J connectivity index is 1.39. The lowest BCUT2D eigenvalue weighted by Crippen LogP contribution is -2.14. The molecule has 0 atom stereocenters. The molecule has 4 aromatic heterocycles. The van der Waals surface area contributed by atoms with Gasteiger partial charge in [0.2, 0.25) is 11.8 Å². The van der Waals surface area contributed by atoms with Crippen LogP contribution in [-0.2, 0) is 4.79 Å². The molecule has 1 aliphatic carbocycles. The van der Waals surface area contributed by atoms with Crippen molar-refractivity contribution >= 4 is 39.9 Å². The number of rotatable bonds is 9. The van der Waals surface area contributed by atoms with E-state index in [0.717, 1.165) is 23.6 Å². The Bertz CT molecular complexity index is 1580. The number of aromatic nitrogens is 4. The van der Waals surface area contributed by atoms with Crippen molar-refractivity contribution in [1.29, 1.82) is 0 Å². The molecule has 0 saturated heterocycles. The van der Waals surface area contributed by atoms with E-state index < -0.39 is 0 Å². The monoisotopic (exact) mass is 544 g/mol. The van der Waals surface area contributed by atoms with Gasteiger partial charge in [-0.05, 0) is 30.9 Å². The molecular weight excluding hydrogens is 520 g/mol. The lowest BCUT2D eigenvalue weighted by Gasteiger charge is -2.10. The molecule has 0 radical (unpaired) electrons. The normalized spacial score (nSPS) is 12.3. The van der Waals surface area contributed by atoms with E-state index in [1.54, 1.807) is 57.0 Å². The van der Waals surface area contributed by atoms with Crippen LogP contribution < -0.4 is 24.8 Å². The quantitative estimate of drug-likeness (QED) is 0.180. The van der Waals surface area contributed by atoms with Crippen LogP contribution in [0.25, 0.3) is 10.8 Å². The predicted molar refractivity (Wildman–Crippen MR) is 147 cm³/mol. The third-order valence-electron chi connectivity index (χ3n) is 5.87. The van der Waals surface area contributed by atoms with E-state index in [1.165, 1.54) is 0 Å². The van der Waals surface area contributed by atoms with E-state index >= 15 is 0 Å². The summed E-state index contributed by atoms with van der Waals surface area (Å²) in [5.41, 5.74) is 1.06. The van der Waals surface area contributed by atoms with Gasteiger partial charge in [-0.25, -0.2) is 19.9 Å². The lowest BCUT2D eigenvalue weighted by molar-refractivity contribution is -0.117. The molecule has 0 unspecified atom stereocenters. The van der Waals surface area contributed by atoms with Gasteiger partial charge in [-0.3, -0.25) is 4.79 Å². The van der Waals surface area contributed by atoms with Crippen LogP contribution in [0.15, 0.2) is 48.9 Å². The molecule has 0 aromatic carbocycles. The molecular formula is C28H25ClN6O4. The Morgan fingerprint density at radius 2 is 1.90 bits per heavy atom. The Morgan fingerprint density at radius 3 is 2.67 bits per heavy atom. The van der Waals surface area contributed by atoms with E-state index in [-0.39, 0.29) is 25.0 Å². The summed E-state index contributed by atoms with van der Waals surface area (Å²) in [4.78, 5) is 29.6. The van der Waals surface area contributed by atoms with Crippen LogP contribution in [0.4, 0.5) is 11.6 Å². The summed E-state index contributed by atoms with van der Waals surface area (Å²) in [7, 11) is 3.34. The Labute approximate surface area is 230 Å². The van der Waals surface area contributed by atoms with E-state index in [2.05, 4.69) is 42.4 Å². The van der Waals surface area contributed by atoms with E-state index in [9.17, 15) is 4.79 Å². The fourth-order valence-electron chi connectivity index (χ4n) is 3.71.